The maximum absolute atomic E-state index is 12.2. The summed E-state index contributed by atoms with van der Waals surface area (Å²) in [5, 5.41) is 2.53. The van der Waals surface area contributed by atoms with Crippen LogP contribution in [0.15, 0.2) is 35.7 Å². The standard InChI is InChI=1S/C14H20N2O4S/c1-5-8-15-14(17)11(3)16-21(18,19)12-6-7-13(20-4)10(2)9-12/h5-7,9,11,16H,1,8H2,2-4H3,(H,15,17). The zero-order chi connectivity index (χ0) is 16.0. The van der Waals surface area contributed by atoms with Crippen LogP contribution in [0.5, 0.6) is 5.75 Å². The second-order valence-electron chi connectivity index (χ2n) is 4.51. The molecule has 0 aliphatic rings. The lowest BCUT2D eigenvalue weighted by molar-refractivity contribution is -0.122. The lowest BCUT2D eigenvalue weighted by Gasteiger charge is -2.14. The van der Waals surface area contributed by atoms with Gasteiger partial charge >= 0.3 is 0 Å². The molecule has 1 atom stereocenters. The lowest BCUT2D eigenvalue weighted by Crippen LogP contribution is -2.44. The van der Waals surface area contributed by atoms with Crippen molar-refractivity contribution >= 4 is 15.9 Å². The van der Waals surface area contributed by atoms with Crippen molar-refractivity contribution < 1.29 is 17.9 Å². The van der Waals surface area contributed by atoms with Crippen LogP contribution in [-0.4, -0.2) is 34.0 Å². The van der Waals surface area contributed by atoms with Crippen molar-refractivity contribution in [2.45, 2.75) is 24.8 Å². The van der Waals surface area contributed by atoms with Crippen LogP contribution >= 0.6 is 0 Å². The minimum atomic E-state index is -3.77. The molecule has 0 aliphatic carbocycles. The zero-order valence-electron chi connectivity index (χ0n) is 12.3. The highest BCUT2D eigenvalue weighted by atomic mass is 32.2. The molecule has 0 spiro atoms. The van der Waals surface area contributed by atoms with Gasteiger partial charge in [0.2, 0.25) is 15.9 Å². The Kier molecular flexibility index (Phi) is 5.92. The molecule has 21 heavy (non-hydrogen) atoms. The summed E-state index contributed by atoms with van der Waals surface area (Å²) in [6.45, 7) is 6.99. The van der Waals surface area contributed by atoms with Crippen molar-refractivity contribution in [1.82, 2.24) is 10.0 Å². The van der Waals surface area contributed by atoms with Crippen molar-refractivity contribution in [1.29, 1.82) is 0 Å². The summed E-state index contributed by atoms with van der Waals surface area (Å²) in [7, 11) is -2.25. The number of nitrogens with one attached hydrogen (secondary N) is 2. The molecule has 0 bridgehead atoms. The fourth-order valence-corrected chi connectivity index (χ4v) is 2.99. The molecule has 0 radical (unpaired) electrons. The molecule has 0 heterocycles. The average Bonchev–Trinajstić information content (AvgIpc) is 2.44. The first kappa shape index (κ1) is 17.2. The SMILES string of the molecule is C=CCNC(=O)C(C)NS(=O)(=O)c1ccc(OC)c(C)c1. The van der Waals surface area contributed by atoms with E-state index < -0.39 is 22.0 Å². The summed E-state index contributed by atoms with van der Waals surface area (Å²) in [6.07, 6.45) is 1.52. The van der Waals surface area contributed by atoms with Gasteiger partial charge in [0.25, 0.3) is 0 Å². The van der Waals surface area contributed by atoms with Crippen LogP contribution in [0.1, 0.15) is 12.5 Å². The number of hydrogen-bond acceptors (Lipinski definition) is 4. The van der Waals surface area contributed by atoms with Gasteiger partial charge in [0.15, 0.2) is 0 Å². The predicted octanol–water partition coefficient (Wildman–Crippen LogP) is 0.973. The number of benzene rings is 1. The summed E-state index contributed by atoms with van der Waals surface area (Å²) in [6, 6.07) is 3.63. The first-order chi connectivity index (χ1) is 9.81. The first-order valence-electron chi connectivity index (χ1n) is 6.37. The van der Waals surface area contributed by atoms with Crippen molar-refractivity contribution in [3.63, 3.8) is 0 Å². The molecule has 2 N–H and O–H groups in total. The van der Waals surface area contributed by atoms with Gasteiger partial charge in [-0.15, -0.1) is 6.58 Å². The summed E-state index contributed by atoms with van der Waals surface area (Å²) in [4.78, 5) is 11.8. The quantitative estimate of drug-likeness (QED) is 0.735. The van der Waals surface area contributed by atoms with E-state index in [-0.39, 0.29) is 11.4 Å². The highest BCUT2D eigenvalue weighted by Crippen LogP contribution is 2.21. The maximum Gasteiger partial charge on any atom is 0.241 e. The van der Waals surface area contributed by atoms with Crippen molar-refractivity contribution in [3.05, 3.63) is 36.4 Å². The highest BCUT2D eigenvalue weighted by molar-refractivity contribution is 7.89. The number of rotatable bonds is 7. The van der Waals surface area contributed by atoms with Crippen molar-refractivity contribution in [3.8, 4) is 5.75 Å². The third kappa shape index (κ3) is 4.57. The number of carbonyl (C=O) groups is 1. The largest absolute Gasteiger partial charge is 0.496 e. The Labute approximate surface area is 125 Å². The molecule has 6 nitrogen and oxygen atoms in total. The van der Waals surface area contributed by atoms with Gasteiger partial charge in [-0.05, 0) is 37.6 Å². The van der Waals surface area contributed by atoms with Crippen LogP contribution in [0, 0.1) is 6.92 Å². The highest BCUT2D eigenvalue weighted by Gasteiger charge is 2.22. The van der Waals surface area contributed by atoms with Crippen molar-refractivity contribution in [2.24, 2.45) is 0 Å². The fraction of sp³-hybridized carbons (Fsp3) is 0.357. The number of carbonyl (C=O) groups excluding carboxylic acids is 1. The summed E-state index contributed by atoms with van der Waals surface area (Å²) < 4.78 is 31.9. The molecule has 1 unspecified atom stereocenters. The van der Waals surface area contributed by atoms with E-state index >= 15 is 0 Å². The van der Waals surface area contributed by atoms with Gasteiger partial charge < -0.3 is 10.1 Å². The Bertz CT molecular complexity index is 626. The minimum absolute atomic E-state index is 0.0872. The van der Waals surface area contributed by atoms with Crippen LogP contribution in [0.2, 0.25) is 0 Å². The van der Waals surface area contributed by atoms with E-state index in [1.165, 1.54) is 32.2 Å². The molecule has 0 saturated heterocycles. The molecule has 0 aliphatic heterocycles. The number of hydrogen-bond donors (Lipinski definition) is 2. The molecule has 7 heteroatoms. The van der Waals surface area contributed by atoms with Gasteiger partial charge in [0.05, 0.1) is 18.0 Å². The smallest absolute Gasteiger partial charge is 0.241 e. The normalized spacial score (nSPS) is 12.5. The van der Waals surface area contributed by atoms with Gasteiger partial charge in [-0.2, -0.15) is 4.72 Å². The van der Waals surface area contributed by atoms with Crippen molar-refractivity contribution in [2.75, 3.05) is 13.7 Å². The minimum Gasteiger partial charge on any atom is -0.496 e. The van der Waals surface area contributed by atoms with E-state index in [9.17, 15) is 13.2 Å². The monoisotopic (exact) mass is 312 g/mol. The number of aryl methyl sites for hydroxylation is 1. The van der Waals surface area contributed by atoms with E-state index in [2.05, 4.69) is 16.6 Å². The molecule has 1 amide bonds. The number of sulfonamides is 1. The second-order valence-corrected chi connectivity index (χ2v) is 6.22. The predicted molar refractivity (Wildman–Crippen MR) is 80.7 cm³/mol. The molecular weight excluding hydrogens is 292 g/mol. The second kappa shape index (κ2) is 7.24. The van der Waals surface area contributed by atoms with Crippen LogP contribution in [0.3, 0.4) is 0 Å². The molecule has 0 saturated carbocycles. The number of ether oxygens (including phenoxy) is 1. The molecule has 1 aromatic rings. The van der Waals surface area contributed by atoms with Gasteiger partial charge in [-0.25, -0.2) is 8.42 Å². The first-order valence-corrected chi connectivity index (χ1v) is 7.85. The Morgan fingerprint density at radius 2 is 2.14 bits per heavy atom. The molecule has 116 valence electrons. The topological polar surface area (TPSA) is 84.5 Å². The molecule has 0 aromatic heterocycles. The average molecular weight is 312 g/mol. The van der Waals surface area contributed by atoms with Gasteiger partial charge in [0.1, 0.15) is 5.75 Å². The lowest BCUT2D eigenvalue weighted by atomic mass is 10.2. The van der Waals surface area contributed by atoms with Crippen LogP contribution in [0.4, 0.5) is 0 Å². The van der Waals surface area contributed by atoms with Crippen LogP contribution in [-0.2, 0) is 14.8 Å². The summed E-state index contributed by atoms with van der Waals surface area (Å²) >= 11 is 0. The Hall–Kier alpha value is -1.86. The van der Waals surface area contributed by atoms with Crippen LogP contribution < -0.4 is 14.8 Å². The van der Waals surface area contributed by atoms with Crippen LogP contribution in [0.25, 0.3) is 0 Å². The van der Waals surface area contributed by atoms with Gasteiger partial charge in [0, 0.05) is 6.54 Å². The van der Waals surface area contributed by atoms with E-state index in [0.29, 0.717) is 11.3 Å². The Balaban J connectivity index is 2.88. The third-order valence-electron chi connectivity index (χ3n) is 2.82. The van der Waals surface area contributed by atoms with E-state index in [1.807, 2.05) is 0 Å². The Morgan fingerprint density at radius 3 is 2.67 bits per heavy atom. The number of methoxy groups -OCH3 is 1. The fourth-order valence-electron chi connectivity index (χ4n) is 1.70. The van der Waals surface area contributed by atoms with E-state index in [1.54, 1.807) is 13.0 Å². The molecule has 0 fully saturated rings. The summed E-state index contributed by atoms with van der Waals surface area (Å²) in [5.74, 6) is 0.189. The molecule has 1 rings (SSSR count). The zero-order valence-corrected chi connectivity index (χ0v) is 13.2. The maximum atomic E-state index is 12.2. The van der Waals surface area contributed by atoms with E-state index in [0.717, 1.165) is 0 Å². The number of amides is 1. The molecular formula is C14H20N2O4S. The molecule has 1 aromatic carbocycles. The third-order valence-corrected chi connectivity index (χ3v) is 4.36. The van der Waals surface area contributed by atoms with Gasteiger partial charge in [-0.3, -0.25) is 4.79 Å². The van der Waals surface area contributed by atoms with E-state index in [4.69, 9.17) is 4.74 Å². The summed E-state index contributed by atoms with van der Waals surface area (Å²) in [5.41, 5.74) is 0.698. The Morgan fingerprint density at radius 1 is 1.48 bits per heavy atom. The van der Waals surface area contributed by atoms with Gasteiger partial charge in [-0.1, -0.05) is 6.08 Å².